The first kappa shape index (κ1) is 20.5. The fourth-order valence-corrected chi connectivity index (χ4v) is 3.77. The van der Waals surface area contributed by atoms with Crippen molar-refractivity contribution in [3.05, 3.63) is 30.0 Å². The molecule has 0 aliphatic carbocycles. The number of carbonyl (C=O) groups excluding carboxylic acids is 1. The van der Waals surface area contributed by atoms with Crippen molar-refractivity contribution in [1.29, 1.82) is 5.26 Å². The van der Waals surface area contributed by atoms with Crippen molar-refractivity contribution in [3.8, 4) is 17.6 Å². The van der Waals surface area contributed by atoms with Crippen molar-refractivity contribution in [2.75, 3.05) is 24.5 Å². The SMILES string of the molecule is CCOC(=O)c1cnn(CCC#N)c1NS(=O)(=O)c1ccc2c(c1)OCCCO2. The Morgan fingerprint density at radius 1 is 1.34 bits per heavy atom. The molecule has 0 atom stereocenters. The van der Waals surface area contributed by atoms with Crippen LogP contribution in [0.3, 0.4) is 0 Å². The van der Waals surface area contributed by atoms with Crippen molar-refractivity contribution in [1.82, 2.24) is 9.78 Å². The van der Waals surface area contributed by atoms with Crippen molar-refractivity contribution in [3.63, 3.8) is 0 Å². The van der Waals surface area contributed by atoms with E-state index in [1.165, 1.54) is 29.1 Å². The van der Waals surface area contributed by atoms with E-state index < -0.39 is 16.0 Å². The Morgan fingerprint density at radius 3 is 2.83 bits per heavy atom. The van der Waals surface area contributed by atoms with Gasteiger partial charge >= 0.3 is 5.97 Å². The minimum atomic E-state index is -4.08. The summed E-state index contributed by atoms with van der Waals surface area (Å²) in [6.07, 6.45) is 1.99. The van der Waals surface area contributed by atoms with E-state index in [1.54, 1.807) is 6.92 Å². The van der Waals surface area contributed by atoms with E-state index in [0.29, 0.717) is 31.1 Å². The van der Waals surface area contributed by atoms with Crippen molar-refractivity contribution in [2.24, 2.45) is 0 Å². The van der Waals surface area contributed by atoms with E-state index in [4.69, 9.17) is 19.5 Å². The Labute approximate surface area is 168 Å². The highest BCUT2D eigenvalue weighted by atomic mass is 32.2. The Morgan fingerprint density at radius 2 is 2.10 bits per heavy atom. The molecule has 2 aromatic rings. The lowest BCUT2D eigenvalue weighted by atomic mass is 10.3. The van der Waals surface area contributed by atoms with Crippen LogP contribution in [0.25, 0.3) is 0 Å². The summed E-state index contributed by atoms with van der Waals surface area (Å²) in [5.74, 6) is 0.0135. The molecule has 2 heterocycles. The molecule has 29 heavy (non-hydrogen) atoms. The lowest BCUT2D eigenvalue weighted by Gasteiger charge is -2.13. The minimum absolute atomic E-state index is 0.0392. The lowest BCUT2D eigenvalue weighted by Crippen LogP contribution is -2.19. The molecule has 1 aromatic carbocycles. The third kappa shape index (κ3) is 4.60. The molecule has 3 rings (SSSR count). The minimum Gasteiger partial charge on any atom is -0.490 e. The predicted octanol–water partition coefficient (Wildman–Crippen LogP) is 1.94. The molecule has 1 N–H and O–H groups in total. The second-order valence-electron chi connectivity index (χ2n) is 6.02. The molecule has 0 amide bonds. The average molecular weight is 420 g/mol. The first-order valence-corrected chi connectivity index (χ1v) is 10.5. The Balaban J connectivity index is 1.95. The molecule has 0 unspecified atom stereocenters. The molecule has 10 nitrogen and oxygen atoms in total. The molecule has 0 saturated heterocycles. The molecular formula is C18H20N4O6S. The second-order valence-corrected chi connectivity index (χ2v) is 7.71. The maximum absolute atomic E-state index is 13.0. The largest absolute Gasteiger partial charge is 0.490 e. The van der Waals surface area contributed by atoms with Gasteiger partial charge in [-0.1, -0.05) is 0 Å². The number of hydrogen-bond acceptors (Lipinski definition) is 8. The van der Waals surface area contributed by atoms with Gasteiger partial charge in [0.1, 0.15) is 5.56 Å². The molecule has 1 aromatic heterocycles. The van der Waals surface area contributed by atoms with Crippen LogP contribution in [0.4, 0.5) is 5.82 Å². The van der Waals surface area contributed by atoms with Crippen LogP contribution in [0.1, 0.15) is 30.1 Å². The van der Waals surface area contributed by atoms with Gasteiger partial charge in [0, 0.05) is 12.5 Å². The number of aryl methyl sites for hydroxylation is 1. The van der Waals surface area contributed by atoms with Gasteiger partial charge in [-0.05, 0) is 19.1 Å². The number of nitrogens with zero attached hydrogens (tertiary/aromatic N) is 3. The molecule has 0 radical (unpaired) electrons. The van der Waals surface area contributed by atoms with E-state index in [1.807, 2.05) is 6.07 Å². The summed E-state index contributed by atoms with van der Waals surface area (Å²) in [4.78, 5) is 12.1. The number of esters is 1. The third-order valence-corrected chi connectivity index (χ3v) is 5.37. The van der Waals surface area contributed by atoms with Crippen LogP contribution in [-0.4, -0.2) is 44.0 Å². The van der Waals surface area contributed by atoms with Crippen LogP contribution in [-0.2, 0) is 21.3 Å². The molecule has 1 aliphatic rings. The highest BCUT2D eigenvalue weighted by Gasteiger charge is 2.25. The maximum Gasteiger partial charge on any atom is 0.343 e. The molecule has 0 bridgehead atoms. The number of sulfonamides is 1. The van der Waals surface area contributed by atoms with Gasteiger partial charge in [0.2, 0.25) is 0 Å². The number of rotatable bonds is 7. The Kier molecular flexibility index (Phi) is 6.23. The zero-order chi connectivity index (χ0) is 20.9. The summed E-state index contributed by atoms with van der Waals surface area (Å²) in [6, 6.07) is 6.23. The number of ether oxygens (including phenoxy) is 3. The van der Waals surface area contributed by atoms with E-state index >= 15 is 0 Å². The van der Waals surface area contributed by atoms with Gasteiger partial charge in [-0.3, -0.25) is 4.72 Å². The predicted molar refractivity (Wildman–Crippen MR) is 101 cm³/mol. The van der Waals surface area contributed by atoms with Gasteiger partial charge in [-0.25, -0.2) is 17.9 Å². The van der Waals surface area contributed by atoms with E-state index in [-0.39, 0.29) is 35.8 Å². The van der Waals surface area contributed by atoms with E-state index in [9.17, 15) is 13.2 Å². The fourth-order valence-electron chi connectivity index (χ4n) is 2.67. The van der Waals surface area contributed by atoms with Crippen LogP contribution < -0.4 is 14.2 Å². The number of fused-ring (bicyclic) bond motifs is 1. The van der Waals surface area contributed by atoms with Crippen molar-refractivity contribution < 1.29 is 27.4 Å². The summed E-state index contributed by atoms with van der Waals surface area (Å²) in [5, 5.41) is 12.8. The zero-order valence-corrected chi connectivity index (χ0v) is 16.6. The number of aromatic nitrogens is 2. The molecule has 0 spiro atoms. The standard InChI is InChI=1S/C18H20N4O6S/c1-2-26-18(23)14-12-20-22(8-3-7-19)17(14)21-29(24,25)13-5-6-15-16(11-13)28-10-4-9-27-15/h5-6,11-12,21H,2-4,8-10H2,1H3. The van der Waals surface area contributed by atoms with Crippen molar-refractivity contribution in [2.45, 2.75) is 31.2 Å². The molecule has 11 heteroatoms. The van der Waals surface area contributed by atoms with Crippen LogP contribution in [0.2, 0.25) is 0 Å². The monoisotopic (exact) mass is 420 g/mol. The van der Waals surface area contributed by atoms with Gasteiger partial charge in [0.15, 0.2) is 17.3 Å². The Bertz CT molecular complexity index is 1040. The van der Waals surface area contributed by atoms with E-state index in [0.717, 1.165) is 0 Å². The van der Waals surface area contributed by atoms with Crippen LogP contribution in [0.15, 0.2) is 29.3 Å². The summed E-state index contributed by atoms with van der Waals surface area (Å²) < 4.78 is 45.6. The van der Waals surface area contributed by atoms with Crippen molar-refractivity contribution >= 4 is 21.8 Å². The second kappa shape index (κ2) is 8.83. The third-order valence-electron chi connectivity index (χ3n) is 4.03. The quantitative estimate of drug-likeness (QED) is 0.672. The summed E-state index contributed by atoms with van der Waals surface area (Å²) >= 11 is 0. The summed E-state index contributed by atoms with van der Waals surface area (Å²) in [5.41, 5.74) is -0.0392. The van der Waals surface area contributed by atoms with Gasteiger partial charge < -0.3 is 14.2 Å². The van der Waals surface area contributed by atoms with Gasteiger partial charge in [0.05, 0.1) is 49.9 Å². The number of carbonyl (C=O) groups is 1. The normalized spacial score (nSPS) is 13.2. The maximum atomic E-state index is 13.0. The number of nitriles is 1. The number of anilines is 1. The van der Waals surface area contributed by atoms with Crippen LogP contribution in [0, 0.1) is 11.3 Å². The van der Waals surface area contributed by atoms with Gasteiger partial charge in [-0.15, -0.1) is 0 Å². The molecular weight excluding hydrogens is 400 g/mol. The highest BCUT2D eigenvalue weighted by molar-refractivity contribution is 7.92. The average Bonchev–Trinajstić information content (AvgIpc) is 2.93. The van der Waals surface area contributed by atoms with Gasteiger partial charge in [0.25, 0.3) is 10.0 Å². The molecule has 154 valence electrons. The van der Waals surface area contributed by atoms with E-state index in [2.05, 4.69) is 9.82 Å². The fraction of sp³-hybridized carbons (Fsp3) is 0.389. The number of benzene rings is 1. The van der Waals surface area contributed by atoms with Crippen LogP contribution >= 0.6 is 0 Å². The summed E-state index contributed by atoms with van der Waals surface area (Å²) in [7, 11) is -4.08. The molecule has 1 aliphatic heterocycles. The first-order chi connectivity index (χ1) is 14.0. The molecule has 0 fully saturated rings. The number of nitrogens with one attached hydrogen (secondary N) is 1. The first-order valence-electron chi connectivity index (χ1n) is 8.98. The lowest BCUT2D eigenvalue weighted by molar-refractivity contribution is 0.0527. The Hall–Kier alpha value is -3.26. The highest BCUT2D eigenvalue weighted by Crippen LogP contribution is 2.32. The van der Waals surface area contributed by atoms with Crippen LogP contribution in [0.5, 0.6) is 11.5 Å². The number of hydrogen-bond donors (Lipinski definition) is 1. The summed E-state index contributed by atoms with van der Waals surface area (Å²) in [6.45, 7) is 2.77. The molecule has 0 saturated carbocycles. The topological polar surface area (TPSA) is 133 Å². The van der Waals surface area contributed by atoms with Gasteiger partial charge in [-0.2, -0.15) is 10.4 Å². The smallest absolute Gasteiger partial charge is 0.343 e. The zero-order valence-electron chi connectivity index (χ0n) is 15.8.